The summed E-state index contributed by atoms with van der Waals surface area (Å²) in [6, 6.07) is -0.906. The van der Waals surface area contributed by atoms with E-state index in [9.17, 15) is 19.0 Å². The largest absolute Gasteiger partial charge is 0.756 e. The number of phosphoric ester groups is 1. The lowest BCUT2D eigenvalue weighted by Crippen LogP contribution is -2.47. The van der Waals surface area contributed by atoms with Gasteiger partial charge in [-0.15, -0.1) is 0 Å². The molecule has 0 rings (SSSR count). The third-order valence-corrected chi connectivity index (χ3v) is 14.0. The van der Waals surface area contributed by atoms with Crippen LogP contribution in [0.4, 0.5) is 0 Å². The summed E-state index contributed by atoms with van der Waals surface area (Å²) >= 11 is 0. The maximum atomic E-state index is 13.5. The lowest BCUT2D eigenvalue weighted by molar-refractivity contribution is -0.870. The number of unbranched alkanes of at least 4 members (excludes halogenated alkanes) is 26. The van der Waals surface area contributed by atoms with E-state index >= 15 is 0 Å². The van der Waals surface area contributed by atoms with Gasteiger partial charge in [0, 0.05) is 12.8 Å². The smallest absolute Gasteiger partial charge is 0.306 e. The van der Waals surface area contributed by atoms with Crippen LogP contribution in [-0.4, -0.2) is 69.4 Å². The lowest BCUT2D eigenvalue weighted by atomic mass is 10.1. The molecule has 9 nitrogen and oxygen atoms in total. The van der Waals surface area contributed by atoms with Gasteiger partial charge in [-0.1, -0.05) is 240 Å². The van der Waals surface area contributed by atoms with Crippen molar-refractivity contribution in [1.82, 2.24) is 5.32 Å². The maximum absolute atomic E-state index is 13.5. The Bertz CT molecular complexity index is 1610. The van der Waals surface area contributed by atoms with Crippen LogP contribution < -0.4 is 10.2 Å². The van der Waals surface area contributed by atoms with Gasteiger partial charge in [0.25, 0.3) is 7.82 Å². The molecule has 432 valence electrons. The molecule has 1 N–H and O–H groups in total. The van der Waals surface area contributed by atoms with E-state index < -0.39 is 26.6 Å². The van der Waals surface area contributed by atoms with E-state index in [1.807, 2.05) is 39.4 Å². The molecule has 0 aliphatic carbocycles. The van der Waals surface area contributed by atoms with Crippen LogP contribution in [0.1, 0.15) is 252 Å². The number of carbonyl (C=O) groups excluding carboxylic acids is 2. The Morgan fingerprint density at radius 1 is 0.493 bits per heavy atom. The molecule has 0 aromatic rings. The van der Waals surface area contributed by atoms with Gasteiger partial charge in [-0.25, -0.2) is 0 Å². The average molecular weight is 1070 g/mol. The number of amides is 1. The van der Waals surface area contributed by atoms with Crippen LogP contribution in [0.3, 0.4) is 0 Å². The number of esters is 1. The Balaban J connectivity index is 5.15. The van der Waals surface area contributed by atoms with Gasteiger partial charge in [-0.3, -0.25) is 14.2 Å². The molecular weight excluding hydrogens is 952 g/mol. The molecule has 0 saturated carbocycles. The number of allylic oxidation sites excluding steroid dienone is 15. The van der Waals surface area contributed by atoms with Gasteiger partial charge in [-0.2, -0.15) is 0 Å². The minimum absolute atomic E-state index is 0.0321. The molecule has 0 aromatic carbocycles. The summed E-state index contributed by atoms with van der Waals surface area (Å²) in [7, 11) is 1.15. The highest BCUT2D eigenvalue weighted by Gasteiger charge is 2.27. The Labute approximate surface area is 462 Å². The molecule has 10 heteroatoms. The highest BCUT2D eigenvalue weighted by Crippen LogP contribution is 2.38. The first-order chi connectivity index (χ1) is 36.4. The second-order valence-corrected chi connectivity index (χ2v) is 22.9. The number of hydrogen-bond donors (Lipinski definition) is 1. The molecule has 3 atom stereocenters. The molecule has 0 saturated heterocycles. The summed E-state index contributed by atoms with van der Waals surface area (Å²) in [6.07, 6.45) is 72.4. The van der Waals surface area contributed by atoms with Crippen molar-refractivity contribution in [1.29, 1.82) is 0 Å². The van der Waals surface area contributed by atoms with Gasteiger partial charge in [0.2, 0.25) is 5.91 Å². The number of hydrogen-bond acceptors (Lipinski definition) is 7. The lowest BCUT2D eigenvalue weighted by Gasteiger charge is -2.30. The van der Waals surface area contributed by atoms with Gasteiger partial charge in [0.15, 0.2) is 0 Å². The number of likely N-dealkylation sites (N-methyl/N-ethyl adjacent to an activating group) is 1. The number of nitrogens with zero attached hydrogens (tertiary/aromatic N) is 1. The van der Waals surface area contributed by atoms with Crippen molar-refractivity contribution in [3.05, 3.63) is 97.2 Å². The van der Waals surface area contributed by atoms with E-state index in [1.165, 1.54) is 103 Å². The maximum Gasteiger partial charge on any atom is 0.306 e. The predicted octanol–water partition coefficient (Wildman–Crippen LogP) is 18.1. The summed E-state index contributed by atoms with van der Waals surface area (Å²) < 4.78 is 30.2. The Morgan fingerprint density at radius 2 is 0.907 bits per heavy atom. The van der Waals surface area contributed by atoms with Gasteiger partial charge in [0.1, 0.15) is 19.3 Å². The van der Waals surface area contributed by atoms with E-state index in [0.717, 1.165) is 109 Å². The van der Waals surface area contributed by atoms with Crippen LogP contribution in [-0.2, 0) is 27.9 Å². The fourth-order valence-corrected chi connectivity index (χ4v) is 9.05. The van der Waals surface area contributed by atoms with Crippen molar-refractivity contribution in [2.75, 3.05) is 40.9 Å². The standard InChI is InChI=1S/C65H115N2O7P/c1-7-10-13-16-19-22-25-27-28-29-30-31-32-33-34-35-36-37-38-40-43-46-49-52-55-58-65(69)74-63(56-53-50-47-44-41-24-21-18-15-12-9-3)62(61-73-75(70,71)72-60-59-67(4,5)6)66-64(68)57-54-51-48-45-42-39-26-23-20-17-14-11-8-2/h11,14,17,19-20,22-23,26-28,30-31,33-34,53,56,62-63H,7-10,12-13,15-16,18,21,24-25,29,32,35-52,54-55,57-61H2,1-6H3,(H-,66,68,70,71)/b14-11+,20-17+,22-19-,26-23-,28-27-,31-30-,34-33-,56-53-. The normalized spacial score (nSPS) is 14.4. The number of nitrogens with one attached hydrogen (secondary N) is 1. The van der Waals surface area contributed by atoms with Gasteiger partial charge < -0.3 is 28.5 Å². The van der Waals surface area contributed by atoms with Crippen LogP contribution in [0, 0.1) is 0 Å². The fraction of sp³-hybridized carbons (Fsp3) is 0.723. The molecule has 0 aliphatic heterocycles. The SMILES string of the molecule is CC/C=C/C=C/C=C\CCCCCCCC(=O)NC(COP(=O)([O-])OCC[N+](C)(C)C)C(/C=C\CCCCCCCCCCC)OC(=O)CCCCCCCCCCC/C=C\C/C=C\C/C=C\C/C=C\CCCCC. The molecule has 0 fully saturated rings. The van der Waals surface area contributed by atoms with E-state index in [-0.39, 0.29) is 31.3 Å². The van der Waals surface area contributed by atoms with E-state index in [4.69, 9.17) is 13.8 Å². The van der Waals surface area contributed by atoms with Crippen molar-refractivity contribution >= 4 is 19.7 Å². The molecule has 0 aliphatic rings. The second kappa shape index (κ2) is 54.3. The zero-order valence-corrected chi connectivity index (χ0v) is 50.1. The summed E-state index contributed by atoms with van der Waals surface area (Å²) in [6.45, 7) is 6.64. The first-order valence-electron chi connectivity index (χ1n) is 30.6. The minimum Gasteiger partial charge on any atom is -0.756 e. The van der Waals surface area contributed by atoms with Crippen LogP contribution in [0.15, 0.2) is 97.2 Å². The Kier molecular flexibility index (Phi) is 52.1. The molecule has 3 unspecified atom stereocenters. The third-order valence-electron chi connectivity index (χ3n) is 13.1. The minimum atomic E-state index is -4.71. The Morgan fingerprint density at radius 3 is 1.41 bits per heavy atom. The monoisotopic (exact) mass is 1070 g/mol. The second-order valence-electron chi connectivity index (χ2n) is 21.5. The van der Waals surface area contributed by atoms with Crippen LogP contribution in [0.25, 0.3) is 0 Å². The summed E-state index contributed by atoms with van der Waals surface area (Å²) in [4.78, 5) is 39.9. The van der Waals surface area contributed by atoms with E-state index in [2.05, 4.69) is 105 Å². The van der Waals surface area contributed by atoms with Crippen molar-refractivity contribution in [2.24, 2.45) is 0 Å². The first kappa shape index (κ1) is 71.9. The van der Waals surface area contributed by atoms with Gasteiger partial charge in [-0.05, 0) is 96.0 Å². The van der Waals surface area contributed by atoms with Crippen molar-refractivity contribution in [2.45, 2.75) is 264 Å². The molecule has 0 radical (unpaired) electrons. The zero-order valence-electron chi connectivity index (χ0n) is 49.2. The zero-order chi connectivity index (χ0) is 55.0. The number of rotatable bonds is 54. The van der Waals surface area contributed by atoms with Crippen molar-refractivity contribution in [3.63, 3.8) is 0 Å². The van der Waals surface area contributed by atoms with E-state index in [1.54, 1.807) is 0 Å². The number of carbonyl (C=O) groups is 2. The number of phosphoric acid groups is 1. The molecule has 0 spiro atoms. The number of quaternary nitrogens is 1. The Hall–Kier alpha value is -3.07. The van der Waals surface area contributed by atoms with Crippen LogP contribution >= 0.6 is 7.82 Å². The first-order valence-corrected chi connectivity index (χ1v) is 32.0. The fourth-order valence-electron chi connectivity index (χ4n) is 8.33. The molecule has 0 bridgehead atoms. The average Bonchev–Trinajstić information content (AvgIpc) is 3.37. The highest BCUT2D eigenvalue weighted by molar-refractivity contribution is 7.45. The van der Waals surface area contributed by atoms with Crippen molar-refractivity contribution in [3.8, 4) is 0 Å². The topological polar surface area (TPSA) is 114 Å². The molecule has 75 heavy (non-hydrogen) atoms. The third kappa shape index (κ3) is 55.5. The van der Waals surface area contributed by atoms with Crippen LogP contribution in [0.2, 0.25) is 0 Å². The summed E-state index contributed by atoms with van der Waals surface area (Å²) in [5.74, 6) is -0.577. The van der Waals surface area contributed by atoms with Gasteiger partial charge in [0.05, 0.1) is 33.8 Å². The van der Waals surface area contributed by atoms with Gasteiger partial charge >= 0.3 is 5.97 Å². The summed E-state index contributed by atoms with van der Waals surface area (Å²) in [5.41, 5.74) is 0. The molecule has 1 amide bonds. The molecule has 0 aromatic heterocycles. The van der Waals surface area contributed by atoms with Crippen molar-refractivity contribution < 1.29 is 37.3 Å². The highest BCUT2D eigenvalue weighted by atomic mass is 31.2. The van der Waals surface area contributed by atoms with Crippen LogP contribution in [0.5, 0.6) is 0 Å². The summed E-state index contributed by atoms with van der Waals surface area (Å²) in [5, 5.41) is 3.00. The number of ether oxygens (including phenoxy) is 1. The molecule has 0 heterocycles. The molecular formula is C65H115N2O7P. The van der Waals surface area contributed by atoms with E-state index in [0.29, 0.717) is 17.4 Å². The predicted molar refractivity (Wildman–Crippen MR) is 321 cm³/mol. The quantitative estimate of drug-likeness (QED) is 0.0161.